The van der Waals surface area contributed by atoms with Crippen LogP contribution >= 0.6 is 0 Å². The number of rotatable bonds is 3. The molecule has 1 aliphatic rings. The van der Waals surface area contributed by atoms with Gasteiger partial charge in [0, 0.05) is 0 Å². The summed E-state index contributed by atoms with van der Waals surface area (Å²) in [5.74, 6) is 2.06. The fourth-order valence-corrected chi connectivity index (χ4v) is 2.84. The number of carbonyl (C=O) groups excluding carboxylic acids is 1. The number of hydrogen-bond acceptors (Lipinski definition) is 3. The Morgan fingerprint density at radius 1 is 0.833 bits per heavy atom. The van der Waals surface area contributed by atoms with Gasteiger partial charge >= 0.3 is 0 Å². The largest absolute Gasteiger partial charge is 0.484 e. The van der Waals surface area contributed by atoms with Crippen molar-refractivity contribution < 1.29 is 14.3 Å². The van der Waals surface area contributed by atoms with Crippen molar-refractivity contribution in [3.63, 3.8) is 0 Å². The Morgan fingerprint density at radius 3 is 2.29 bits per heavy atom. The van der Waals surface area contributed by atoms with Crippen molar-refractivity contribution in [2.45, 2.75) is 12.5 Å². The molecule has 1 aliphatic heterocycles. The van der Waals surface area contributed by atoms with Crippen molar-refractivity contribution in [3.05, 3.63) is 90.0 Å². The molecule has 0 spiro atoms. The van der Waals surface area contributed by atoms with E-state index >= 15 is 0 Å². The second-order valence-electron chi connectivity index (χ2n) is 5.72. The molecule has 3 aromatic carbocycles. The van der Waals surface area contributed by atoms with Crippen molar-refractivity contribution in [2.75, 3.05) is 0 Å². The van der Waals surface area contributed by atoms with E-state index in [-0.39, 0.29) is 11.9 Å². The van der Waals surface area contributed by atoms with Gasteiger partial charge in [0.2, 0.25) is 0 Å². The summed E-state index contributed by atoms with van der Waals surface area (Å²) in [6.45, 7) is 0. The highest BCUT2D eigenvalue weighted by Gasteiger charge is 2.28. The molecule has 0 saturated carbocycles. The molecular formula is C21H16O3. The molecule has 0 saturated heterocycles. The summed E-state index contributed by atoms with van der Waals surface area (Å²) in [5, 5.41) is 0. The van der Waals surface area contributed by atoms with E-state index in [9.17, 15) is 4.79 Å². The van der Waals surface area contributed by atoms with E-state index in [1.807, 2.05) is 66.7 Å². The number of ketones is 1. The predicted molar refractivity (Wildman–Crippen MR) is 91.7 cm³/mol. The first-order valence-electron chi connectivity index (χ1n) is 7.91. The van der Waals surface area contributed by atoms with Gasteiger partial charge in [-0.25, -0.2) is 0 Å². The van der Waals surface area contributed by atoms with E-state index in [4.69, 9.17) is 9.47 Å². The summed E-state index contributed by atoms with van der Waals surface area (Å²) in [6.07, 6.45) is 0.110. The van der Waals surface area contributed by atoms with Crippen molar-refractivity contribution in [1.29, 1.82) is 0 Å². The fourth-order valence-electron chi connectivity index (χ4n) is 2.84. The minimum Gasteiger partial charge on any atom is -0.484 e. The minimum absolute atomic E-state index is 0.0728. The van der Waals surface area contributed by atoms with Crippen molar-refractivity contribution in [2.24, 2.45) is 0 Å². The zero-order valence-corrected chi connectivity index (χ0v) is 13.0. The Hall–Kier alpha value is -3.07. The first-order chi connectivity index (χ1) is 11.8. The molecule has 24 heavy (non-hydrogen) atoms. The normalized spacial score (nSPS) is 16.2. The van der Waals surface area contributed by atoms with E-state index in [1.54, 1.807) is 12.1 Å². The predicted octanol–water partition coefficient (Wildman–Crippen LogP) is 5.19. The molecule has 0 bridgehead atoms. The second kappa shape index (κ2) is 6.20. The number of ether oxygens (including phenoxy) is 2. The first kappa shape index (κ1) is 14.5. The van der Waals surface area contributed by atoms with Gasteiger partial charge in [-0.2, -0.15) is 0 Å². The van der Waals surface area contributed by atoms with Crippen molar-refractivity contribution in [3.8, 4) is 17.2 Å². The molecule has 0 amide bonds. The Morgan fingerprint density at radius 2 is 1.54 bits per heavy atom. The molecule has 0 N–H and O–H groups in total. The Labute approximate surface area is 140 Å². The SMILES string of the molecule is O=C1CC(c2ccccc2)Oc2ccc(Oc3ccccc3)cc21. The van der Waals surface area contributed by atoms with Gasteiger partial charge in [0.05, 0.1) is 12.0 Å². The zero-order valence-electron chi connectivity index (χ0n) is 13.0. The topological polar surface area (TPSA) is 35.5 Å². The van der Waals surface area contributed by atoms with Crippen LogP contribution in [0, 0.1) is 0 Å². The van der Waals surface area contributed by atoms with Gasteiger partial charge in [-0.1, -0.05) is 48.5 Å². The van der Waals surface area contributed by atoms with E-state index in [0.717, 1.165) is 11.3 Å². The Kier molecular flexibility index (Phi) is 3.75. The molecule has 3 nitrogen and oxygen atoms in total. The molecule has 0 aliphatic carbocycles. The lowest BCUT2D eigenvalue weighted by Crippen LogP contribution is -2.20. The summed E-state index contributed by atoms with van der Waals surface area (Å²) in [6, 6.07) is 24.7. The molecule has 1 unspecified atom stereocenters. The van der Waals surface area contributed by atoms with Gasteiger partial charge in [-0.05, 0) is 35.9 Å². The van der Waals surface area contributed by atoms with Crippen LogP contribution in [0.3, 0.4) is 0 Å². The minimum atomic E-state index is -0.230. The molecule has 0 radical (unpaired) electrons. The highest BCUT2D eigenvalue weighted by molar-refractivity contribution is 6.00. The summed E-state index contributed by atoms with van der Waals surface area (Å²) in [5.41, 5.74) is 1.59. The Balaban J connectivity index is 1.60. The van der Waals surface area contributed by atoms with E-state index in [2.05, 4.69) is 0 Å². The summed E-state index contributed by atoms with van der Waals surface area (Å²) in [7, 11) is 0. The summed E-state index contributed by atoms with van der Waals surface area (Å²) in [4.78, 5) is 12.5. The lowest BCUT2D eigenvalue weighted by Gasteiger charge is -2.25. The molecule has 4 rings (SSSR count). The van der Waals surface area contributed by atoms with Crippen LogP contribution < -0.4 is 9.47 Å². The van der Waals surface area contributed by atoms with Crippen LogP contribution in [0.2, 0.25) is 0 Å². The molecule has 3 heteroatoms. The third-order valence-corrected chi connectivity index (χ3v) is 4.04. The maximum Gasteiger partial charge on any atom is 0.170 e. The average molecular weight is 316 g/mol. The molecule has 0 aromatic heterocycles. The maximum atomic E-state index is 12.5. The van der Waals surface area contributed by atoms with Gasteiger partial charge in [-0.15, -0.1) is 0 Å². The second-order valence-corrected chi connectivity index (χ2v) is 5.72. The van der Waals surface area contributed by atoms with Crippen molar-refractivity contribution in [1.82, 2.24) is 0 Å². The van der Waals surface area contributed by atoms with Crippen molar-refractivity contribution >= 4 is 5.78 Å². The quantitative estimate of drug-likeness (QED) is 0.667. The van der Waals surface area contributed by atoms with Crippen LogP contribution in [-0.4, -0.2) is 5.78 Å². The Bertz CT molecular complexity index is 857. The highest BCUT2D eigenvalue weighted by atomic mass is 16.5. The van der Waals surface area contributed by atoms with Gasteiger partial charge in [0.1, 0.15) is 23.4 Å². The van der Waals surface area contributed by atoms with Gasteiger partial charge in [0.25, 0.3) is 0 Å². The van der Waals surface area contributed by atoms with Crippen LogP contribution in [-0.2, 0) is 0 Å². The molecule has 1 heterocycles. The molecule has 0 fully saturated rings. The number of Topliss-reactive ketones (excluding diaryl/α,β-unsaturated/α-hetero) is 1. The lowest BCUT2D eigenvalue weighted by molar-refractivity contribution is 0.0849. The number of fused-ring (bicyclic) bond motifs is 1. The fraction of sp³-hybridized carbons (Fsp3) is 0.0952. The first-order valence-corrected chi connectivity index (χ1v) is 7.91. The van der Waals surface area contributed by atoms with E-state index in [0.29, 0.717) is 23.5 Å². The summed E-state index contributed by atoms with van der Waals surface area (Å²) < 4.78 is 11.8. The third kappa shape index (κ3) is 2.88. The molecule has 3 aromatic rings. The monoisotopic (exact) mass is 316 g/mol. The summed E-state index contributed by atoms with van der Waals surface area (Å²) >= 11 is 0. The zero-order chi connectivity index (χ0) is 16.4. The van der Waals surface area contributed by atoms with E-state index < -0.39 is 0 Å². The molecule has 118 valence electrons. The van der Waals surface area contributed by atoms with Crippen LogP contribution in [0.4, 0.5) is 0 Å². The van der Waals surface area contributed by atoms with Gasteiger partial charge in [0.15, 0.2) is 5.78 Å². The van der Waals surface area contributed by atoms with Crippen LogP contribution in [0.25, 0.3) is 0 Å². The smallest absolute Gasteiger partial charge is 0.170 e. The van der Waals surface area contributed by atoms with Crippen LogP contribution in [0.1, 0.15) is 28.4 Å². The third-order valence-electron chi connectivity index (χ3n) is 4.04. The molecular weight excluding hydrogens is 300 g/mol. The number of benzene rings is 3. The number of para-hydroxylation sites is 1. The van der Waals surface area contributed by atoms with Crippen LogP contribution in [0.5, 0.6) is 17.2 Å². The van der Waals surface area contributed by atoms with E-state index in [1.165, 1.54) is 0 Å². The highest BCUT2D eigenvalue weighted by Crippen LogP contribution is 2.37. The average Bonchev–Trinajstić information content (AvgIpc) is 2.64. The van der Waals surface area contributed by atoms with Gasteiger partial charge < -0.3 is 9.47 Å². The molecule has 1 atom stereocenters. The van der Waals surface area contributed by atoms with Crippen LogP contribution in [0.15, 0.2) is 78.9 Å². The van der Waals surface area contributed by atoms with Gasteiger partial charge in [-0.3, -0.25) is 4.79 Å². The lowest BCUT2D eigenvalue weighted by atomic mass is 9.96. The standard InChI is InChI=1S/C21H16O3/c22-19-14-21(15-7-3-1-4-8-15)24-20-12-11-17(13-18(19)20)23-16-9-5-2-6-10-16/h1-13,21H,14H2. The number of hydrogen-bond donors (Lipinski definition) is 0. The number of carbonyl (C=O) groups is 1. The maximum absolute atomic E-state index is 12.5.